The van der Waals surface area contributed by atoms with E-state index in [1.165, 1.54) is 0 Å². The van der Waals surface area contributed by atoms with Crippen molar-refractivity contribution in [1.29, 1.82) is 0 Å². The van der Waals surface area contributed by atoms with Crippen LogP contribution in [0.3, 0.4) is 0 Å². The first-order chi connectivity index (χ1) is 8.97. The summed E-state index contributed by atoms with van der Waals surface area (Å²) >= 11 is 0. The number of nitrogens with zero attached hydrogens (tertiary/aromatic N) is 2. The Morgan fingerprint density at radius 1 is 1.53 bits per heavy atom. The third-order valence-electron chi connectivity index (χ3n) is 2.97. The van der Waals surface area contributed by atoms with Crippen molar-refractivity contribution in [3.63, 3.8) is 0 Å². The van der Waals surface area contributed by atoms with Crippen LogP contribution in [0.2, 0.25) is 0 Å². The predicted molar refractivity (Wildman–Crippen MR) is 69.4 cm³/mol. The lowest BCUT2D eigenvalue weighted by Gasteiger charge is -2.23. The number of rotatable bonds is 5. The van der Waals surface area contributed by atoms with Crippen molar-refractivity contribution >= 4 is 17.6 Å². The van der Waals surface area contributed by atoms with E-state index in [0.29, 0.717) is 11.6 Å². The number of hydrogen-bond donors (Lipinski definition) is 1. The molecule has 0 aromatic carbocycles. The molecule has 6 nitrogen and oxygen atoms in total. The summed E-state index contributed by atoms with van der Waals surface area (Å²) in [5.41, 5.74) is 0. The van der Waals surface area contributed by atoms with Crippen molar-refractivity contribution < 1.29 is 14.1 Å². The molecular weight excluding hydrogens is 246 g/mol. The quantitative estimate of drug-likeness (QED) is 0.876. The monoisotopic (exact) mass is 265 g/mol. The van der Waals surface area contributed by atoms with E-state index in [4.69, 9.17) is 4.52 Å². The summed E-state index contributed by atoms with van der Waals surface area (Å²) in [5.74, 6) is 0.703. The number of hydrogen-bond acceptors (Lipinski definition) is 4. The zero-order chi connectivity index (χ0) is 14.0. The van der Waals surface area contributed by atoms with Gasteiger partial charge in [0, 0.05) is 18.0 Å². The first-order valence-corrected chi connectivity index (χ1v) is 6.51. The molecule has 0 atom stereocenters. The Kier molecular flexibility index (Phi) is 3.87. The maximum atomic E-state index is 12.0. The van der Waals surface area contributed by atoms with E-state index in [0.717, 1.165) is 12.8 Å². The molecule has 1 heterocycles. The normalized spacial score (nSPS) is 14.5. The smallest absolute Gasteiger partial charge is 0.245 e. The van der Waals surface area contributed by atoms with E-state index < -0.39 is 0 Å². The molecule has 1 saturated carbocycles. The van der Waals surface area contributed by atoms with Crippen molar-refractivity contribution in [1.82, 2.24) is 10.1 Å². The maximum absolute atomic E-state index is 12.0. The minimum absolute atomic E-state index is 0.0222. The number of amides is 2. The van der Waals surface area contributed by atoms with Crippen molar-refractivity contribution in [3.05, 3.63) is 11.8 Å². The average Bonchev–Trinajstić information content (AvgIpc) is 3.10. The molecule has 0 bridgehead atoms. The molecule has 0 aliphatic heterocycles. The molecular formula is C13H19N3O3. The average molecular weight is 265 g/mol. The number of aromatic nitrogens is 1. The largest absolute Gasteiger partial charge is 0.360 e. The molecule has 1 aliphatic carbocycles. The van der Waals surface area contributed by atoms with Crippen LogP contribution in [-0.4, -0.2) is 34.5 Å². The highest BCUT2D eigenvalue weighted by molar-refractivity contribution is 5.94. The summed E-state index contributed by atoms with van der Waals surface area (Å²) in [6.07, 6.45) is 1.96. The maximum Gasteiger partial charge on any atom is 0.245 e. The fraction of sp³-hybridized carbons (Fsp3) is 0.615. The SMILES string of the molecule is Cc1cc(NC(=O)CN(C(=O)C(C)C)C2CC2)no1. The Bertz CT molecular complexity index is 477. The van der Waals surface area contributed by atoms with Gasteiger partial charge in [-0.2, -0.15) is 0 Å². The number of nitrogens with one attached hydrogen (secondary N) is 1. The molecule has 0 radical (unpaired) electrons. The lowest BCUT2D eigenvalue weighted by molar-refractivity contribution is -0.138. The summed E-state index contributed by atoms with van der Waals surface area (Å²) in [6.45, 7) is 5.52. The van der Waals surface area contributed by atoms with E-state index in [1.807, 2.05) is 13.8 Å². The second-order valence-corrected chi connectivity index (χ2v) is 5.22. The van der Waals surface area contributed by atoms with Gasteiger partial charge in [-0.15, -0.1) is 0 Å². The fourth-order valence-electron chi connectivity index (χ4n) is 1.87. The Morgan fingerprint density at radius 3 is 2.68 bits per heavy atom. The molecule has 6 heteroatoms. The van der Waals surface area contributed by atoms with Crippen molar-refractivity contribution in [2.45, 2.75) is 39.7 Å². The van der Waals surface area contributed by atoms with Gasteiger partial charge >= 0.3 is 0 Å². The number of aryl methyl sites for hydroxylation is 1. The molecule has 2 rings (SSSR count). The molecule has 1 N–H and O–H groups in total. The lowest BCUT2D eigenvalue weighted by atomic mass is 10.2. The minimum Gasteiger partial charge on any atom is -0.360 e. The molecule has 1 aromatic heterocycles. The van der Waals surface area contributed by atoms with Gasteiger partial charge in [0.2, 0.25) is 11.8 Å². The molecule has 1 aromatic rings. The third-order valence-corrected chi connectivity index (χ3v) is 2.97. The van der Waals surface area contributed by atoms with Crippen molar-refractivity contribution in [3.8, 4) is 0 Å². The molecule has 1 fully saturated rings. The van der Waals surface area contributed by atoms with Gasteiger partial charge in [-0.3, -0.25) is 9.59 Å². The van der Waals surface area contributed by atoms with Gasteiger partial charge in [-0.05, 0) is 19.8 Å². The van der Waals surface area contributed by atoms with Crippen LogP contribution < -0.4 is 5.32 Å². The van der Waals surface area contributed by atoms with Gasteiger partial charge in [-0.1, -0.05) is 19.0 Å². The second-order valence-electron chi connectivity index (χ2n) is 5.22. The minimum atomic E-state index is -0.241. The predicted octanol–water partition coefficient (Wildman–Crippen LogP) is 1.57. The van der Waals surface area contributed by atoms with Gasteiger partial charge in [0.15, 0.2) is 5.82 Å². The zero-order valence-corrected chi connectivity index (χ0v) is 11.5. The molecule has 19 heavy (non-hydrogen) atoms. The number of carbonyl (C=O) groups excluding carboxylic acids is 2. The van der Waals surface area contributed by atoms with E-state index in [2.05, 4.69) is 10.5 Å². The van der Waals surface area contributed by atoms with Crippen LogP contribution in [0.25, 0.3) is 0 Å². The van der Waals surface area contributed by atoms with Crippen LogP contribution in [0.5, 0.6) is 0 Å². The van der Waals surface area contributed by atoms with Crippen LogP contribution in [0.15, 0.2) is 10.6 Å². The topological polar surface area (TPSA) is 75.4 Å². The summed E-state index contributed by atoms with van der Waals surface area (Å²) < 4.78 is 4.87. The van der Waals surface area contributed by atoms with Crippen LogP contribution in [0.1, 0.15) is 32.4 Å². The van der Waals surface area contributed by atoms with E-state index in [1.54, 1.807) is 17.9 Å². The first-order valence-electron chi connectivity index (χ1n) is 6.51. The summed E-state index contributed by atoms with van der Waals surface area (Å²) in [5, 5.41) is 6.33. The molecule has 2 amide bonds. The highest BCUT2D eigenvalue weighted by Crippen LogP contribution is 2.28. The van der Waals surface area contributed by atoms with Crippen LogP contribution >= 0.6 is 0 Å². The summed E-state index contributed by atoms with van der Waals surface area (Å²) in [6, 6.07) is 1.86. The van der Waals surface area contributed by atoms with Gasteiger partial charge < -0.3 is 14.7 Å². The van der Waals surface area contributed by atoms with E-state index in [-0.39, 0.29) is 30.3 Å². The second kappa shape index (κ2) is 5.42. The molecule has 0 unspecified atom stereocenters. The Hall–Kier alpha value is -1.85. The zero-order valence-electron chi connectivity index (χ0n) is 11.5. The van der Waals surface area contributed by atoms with Crippen LogP contribution in [-0.2, 0) is 9.59 Å². The lowest BCUT2D eigenvalue weighted by Crippen LogP contribution is -2.41. The Morgan fingerprint density at radius 2 is 2.21 bits per heavy atom. The summed E-state index contributed by atoms with van der Waals surface area (Å²) in [4.78, 5) is 25.6. The Balaban J connectivity index is 1.93. The van der Waals surface area contributed by atoms with E-state index >= 15 is 0 Å². The highest BCUT2D eigenvalue weighted by Gasteiger charge is 2.34. The van der Waals surface area contributed by atoms with Crippen LogP contribution in [0.4, 0.5) is 5.82 Å². The van der Waals surface area contributed by atoms with Gasteiger partial charge in [0.1, 0.15) is 12.3 Å². The number of anilines is 1. The number of carbonyl (C=O) groups is 2. The van der Waals surface area contributed by atoms with Gasteiger partial charge in [0.25, 0.3) is 0 Å². The standard InChI is InChI=1S/C13H19N3O3/c1-8(2)13(18)16(10-4-5-10)7-12(17)14-11-6-9(3)19-15-11/h6,8,10H,4-5,7H2,1-3H3,(H,14,15,17). The first kappa shape index (κ1) is 13.6. The Labute approximate surface area is 112 Å². The molecule has 1 aliphatic rings. The third kappa shape index (κ3) is 3.56. The fourth-order valence-corrected chi connectivity index (χ4v) is 1.87. The molecule has 104 valence electrons. The van der Waals surface area contributed by atoms with Crippen molar-refractivity contribution in [2.24, 2.45) is 5.92 Å². The van der Waals surface area contributed by atoms with Gasteiger partial charge in [0.05, 0.1) is 0 Å². The van der Waals surface area contributed by atoms with E-state index in [9.17, 15) is 9.59 Å². The molecule has 0 saturated heterocycles. The summed E-state index contributed by atoms with van der Waals surface area (Å²) in [7, 11) is 0. The van der Waals surface area contributed by atoms with Gasteiger partial charge in [-0.25, -0.2) is 0 Å². The van der Waals surface area contributed by atoms with Crippen LogP contribution in [0, 0.1) is 12.8 Å². The highest BCUT2D eigenvalue weighted by atomic mass is 16.5. The van der Waals surface area contributed by atoms with Crippen molar-refractivity contribution in [2.75, 3.05) is 11.9 Å². The molecule has 0 spiro atoms.